The van der Waals surface area contributed by atoms with Gasteiger partial charge in [0.25, 0.3) is 0 Å². The molecular weight excluding hydrogens is 472 g/mol. The van der Waals surface area contributed by atoms with Crippen molar-refractivity contribution in [2.45, 2.75) is 32.2 Å². The molecule has 1 amide bonds. The van der Waals surface area contributed by atoms with Crippen LogP contribution >= 0.6 is 11.6 Å². The zero-order chi connectivity index (χ0) is 25.1. The molecule has 1 aliphatic heterocycles. The van der Waals surface area contributed by atoms with E-state index >= 15 is 0 Å². The minimum Gasteiger partial charge on any atom is -0.490 e. The Bertz CT molecular complexity index is 1380. The van der Waals surface area contributed by atoms with Crippen molar-refractivity contribution in [1.29, 1.82) is 0 Å². The summed E-state index contributed by atoms with van der Waals surface area (Å²) >= 11 is 6.31. The van der Waals surface area contributed by atoms with E-state index in [-0.39, 0.29) is 12.1 Å². The highest BCUT2D eigenvalue weighted by Gasteiger charge is 2.35. The number of halogens is 1. The summed E-state index contributed by atoms with van der Waals surface area (Å²) in [6.07, 6.45) is 4.12. The van der Waals surface area contributed by atoms with Gasteiger partial charge in [0.05, 0.1) is 0 Å². The molecule has 2 heterocycles. The minimum absolute atomic E-state index is 0.333. The lowest BCUT2D eigenvalue weighted by Gasteiger charge is -2.35. The Morgan fingerprint density at radius 3 is 2.58 bits per heavy atom. The number of nitrogens with one attached hydrogen (secondary N) is 1. The van der Waals surface area contributed by atoms with Gasteiger partial charge in [0.1, 0.15) is 24.1 Å². The maximum atomic E-state index is 13.5. The van der Waals surface area contributed by atoms with E-state index in [9.17, 15) is 4.79 Å². The Labute approximate surface area is 216 Å². The largest absolute Gasteiger partial charge is 0.490 e. The van der Waals surface area contributed by atoms with Gasteiger partial charge in [0.2, 0.25) is 0 Å². The molecule has 0 aliphatic carbocycles. The topological polar surface area (TPSA) is 54.6 Å². The smallest absolute Gasteiger partial charge is 0.416 e. The third-order valence-electron chi connectivity index (χ3n) is 6.55. The highest BCUT2D eigenvalue weighted by molar-refractivity contribution is 6.31. The van der Waals surface area contributed by atoms with Gasteiger partial charge in [-0.2, -0.15) is 0 Å². The Balaban J connectivity index is 1.49. The van der Waals surface area contributed by atoms with Crippen LogP contribution in [0.4, 0.5) is 4.79 Å². The second-order valence-corrected chi connectivity index (χ2v) is 9.42. The van der Waals surface area contributed by atoms with Gasteiger partial charge in [-0.05, 0) is 72.0 Å². The van der Waals surface area contributed by atoms with E-state index in [1.807, 2.05) is 66.7 Å². The van der Waals surface area contributed by atoms with Crippen molar-refractivity contribution in [3.8, 4) is 11.5 Å². The molecular formula is C30H29ClN2O3. The molecule has 0 saturated heterocycles. The molecule has 1 unspecified atom stereocenters. The molecule has 0 bridgehead atoms. The highest BCUT2D eigenvalue weighted by atomic mass is 35.5. The number of nitrogens with zero attached hydrogens (tertiary/aromatic N) is 1. The van der Waals surface area contributed by atoms with Gasteiger partial charge in [0.15, 0.2) is 0 Å². The van der Waals surface area contributed by atoms with E-state index in [0.29, 0.717) is 30.3 Å². The van der Waals surface area contributed by atoms with Crippen LogP contribution in [0, 0.1) is 0 Å². The summed E-state index contributed by atoms with van der Waals surface area (Å²) < 4.78 is 11.5. The van der Waals surface area contributed by atoms with Crippen molar-refractivity contribution in [3.63, 3.8) is 0 Å². The first kappa shape index (κ1) is 24.0. The molecule has 5 nitrogen and oxygen atoms in total. The van der Waals surface area contributed by atoms with Crippen molar-refractivity contribution < 1.29 is 14.3 Å². The number of carbonyl (C=O) groups is 1. The van der Waals surface area contributed by atoms with Gasteiger partial charge >= 0.3 is 6.09 Å². The fraction of sp³-hybridized carbons (Fsp3) is 0.233. The summed E-state index contributed by atoms with van der Waals surface area (Å²) in [7, 11) is 0. The number of aryl methyl sites for hydroxylation is 1. The van der Waals surface area contributed by atoms with Crippen LogP contribution in [0.5, 0.6) is 11.5 Å². The number of carbonyl (C=O) groups excluding carboxylic acids is 1. The number of amides is 1. The molecule has 4 aromatic rings. The van der Waals surface area contributed by atoms with Crippen LogP contribution in [0.1, 0.15) is 41.8 Å². The predicted molar refractivity (Wildman–Crippen MR) is 144 cm³/mol. The average Bonchev–Trinajstić information content (AvgIpc) is 3.26. The number of aromatic amines is 1. The van der Waals surface area contributed by atoms with Crippen molar-refractivity contribution >= 4 is 28.6 Å². The van der Waals surface area contributed by atoms with E-state index in [1.165, 1.54) is 11.1 Å². The first-order valence-corrected chi connectivity index (χ1v) is 12.7. The predicted octanol–water partition coefficient (Wildman–Crippen LogP) is 7.49. The number of hydrogen-bond acceptors (Lipinski definition) is 3. The van der Waals surface area contributed by atoms with Crippen molar-refractivity contribution in [2.75, 3.05) is 13.2 Å². The molecule has 0 fully saturated rings. The van der Waals surface area contributed by atoms with Crippen LogP contribution in [0.15, 0.2) is 79.4 Å². The lowest BCUT2D eigenvalue weighted by atomic mass is 9.92. The Kier molecular flexibility index (Phi) is 7.01. The lowest BCUT2D eigenvalue weighted by Crippen LogP contribution is -2.42. The maximum Gasteiger partial charge on any atom is 0.416 e. The van der Waals surface area contributed by atoms with Crippen LogP contribution in [0.25, 0.3) is 10.9 Å². The Morgan fingerprint density at radius 1 is 1.11 bits per heavy atom. The zero-order valence-corrected chi connectivity index (χ0v) is 21.1. The molecule has 0 saturated carbocycles. The molecule has 1 atom stereocenters. The Morgan fingerprint density at radius 2 is 1.86 bits per heavy atom. The molecule has 0 spiro atoms. The van der Waals surface area contributed by atoms with Crippen LogP contribution < -0.4 is 9.47 Å². The van der Waals surface area contributed by atoms with Crippen LogP contribution in [-0.2, 0) is 12.8 Å². The summed E-state index contributed by atoms with van der Waals surface area (Å²) in [5.74, 6) is 1.29. The van der Waals surface area contributed by atoms with Crippen LogP contribution in [0.3, 0.4) is 0 Å². The maximum absolute atomic E-state index is 13.5. The number of fused-ring (bicyclic) bond motifs is 3. The molecule has 1 aliphatic rings. The second-order valence-electron chi connectivity index (χ2n) is 8.98. The fourth-order valence-electron chi connectivity index (χ4n) is 4.88. The summed E-state index contributed by atoms with van der Waals surface area (Å²) in [5.41, 5.74) is 5.36. The van der Waals surface area contributed by atoms with E-state index in [4.69, 9.17) is 21.1 Å². The van der Waals surface area contributed by atoms with Crippen LogP contribution in [-0.4, -0.2) is 29.1 Å². The number of rotatable bonds is 7. The van der Waals surface area contributed by atoms with Crippen LogP contribution in [0.2, 0.25) is 5.02 Å². The molecule has 0 radical (unpaired) electrons. The van der Waals surface area contributed by atoms with Crippen molar-refractivity contribution in [3.05, 3.63) is 107 Å². The van der Waals surface area contributed by atoms with E-state index < -0.39 is 0 Å². The molecule has 36 heavy (non-hydrogen) atoms. The number of H-pyrrole nitrogens is 1. The summed E-state index contributed by atoms with van der Waals surface area (Å²) in [6.45, 7) is 6.81. The average molecular weight is 501 g/mol. The molecule has 3 aromatic carbocycles. The number of ether oxygens (including phenoxy) is 2. The normalized spacial score (nSPS) is 14.9. The zero-order valence-electron chi connectivity index (χ0n) is 20.3. The first-order valence-electron chi connectivity index (χ1n) is 12.3. The quantitative estimate of drug-likeness (QED) is 0.267. The van der Waals surface area contributed by atoms with Crippen molar-refractivity contribution in [2.24, 2.45) is 0 Å². The molecule has 1 N–H and O–H groups in total. The van der Waals surface area contributed by atoms with Gasteiger partial charge in [-0.3, -0.25) is 4.90 Å². The Hall–Kier alpha value is -3.70. The lowest BCUT2D eigenvalue weighted by molar-refractivity contribution is 0.135. The molecule has 5 rings (SSSR count). The summed E-state index contributed by atoms with van der Waals surface area (Å²) in [5, 5.41) is 1.78. The number of hydrogen-bond donors (Lipinski definition) is 1. The van der Waals surface area contributed by atoms with Gasteiger partial charge in [-0.1, -0.05) is 61.9 Å². The minimum atomic E-state index is -0.377. The molecule has 184 valence electrons. The highest BCUT2D eigenvalue weighted by Crippen LogP contribution is 2.40. The molecule has 6 heteroatoms. The number of benzene rings is 3. The standard InChI is InChI=1S/C30H29ClN2O3/c1-3-5-20-6-11-24(12-7-20)36-30(34)33-17-16-25-26-19-22(31)10-15-27(26)32-28(25)29(33)21-8-13-23(14-9-21)35-18-4-2/h4,6-15,19,29,32H,2-3,5,16-18H2,1H3. The first-order chi connectivity index (χ1) is 17.6. The fourth-order valence-corrected chi connectivity index (χ4v) is 5.05. The van der Waals surface area contributed by atoms with Gasteiger partial charge in [-0.25, -0.2) is 4.79 Å². The number of aromatic nitrogens is 1. The summed E-state index contributed by atoms with van der Waals surface area (Å²) in [4.78, 5) is 18.8. The molecule has 1 aromatic heterocycles. The van der Waals surface area contributed by atoms with E-state index in [2.05, 4.69) is 18.5 Å². The van der Waals surface area contributed by atoms with Crippen molar-refractivity contribution in [1.82, 2.24) is 9.88 Å². The second kappa shape index (κ2) is 10.5. The van der Waals surface area contributed by atoms with Gasteiger partial charge in [-0.15, -0.1) is 0 Å². The third kappa shape index (κ3) is 4.84. The summed E-state index contributed by atoms with van der Waals surface area (Å²) in [6, 6.07) is 21.1. The SMILES string of the molecule is C=CCOc1ccc(C2c3[nH]c4ccc(Cl)cc4c3CCN2C(=O)Oc2ccc(CCC)cc2)cc1. The monoisotopic (exact) mass is 500 g/mol. The van der Waals surface area contributed by atoms with Gasteiger partial charge < -0.3 is 14.5 Å². The van der Waals surface area contributed by atoms with Gasteiger partial charge in [0, 0.05) is 28.2 Å². The van der Waals surface area contributed by atoms with E-state index in [0.717, 1.165) is 40.8 Å². The third-order valence-corrected chi connectivity index (χ3v) is 6.79. The van der Waals surface area contributed by atoms with E-state index in [1.54, 1.807) is 11.0 Å².